The smallest absolute Gasteiger partial charge is 0.130 e. The lowest BCUT2D eigenvalue weighted by molar-refractivity contribution is 0.895. The standard InChI is InChI=1S/C17H16BrN3/c1-11-10-13(8-9-15(11)18)16-12(2)17(19)21(20-16)14-6-4-3-5-7-14/h3-10H,19H2,1-2H3. The summed E-state index contributed by atoms with van der Waals surface area (Å²) in [4.78, 5) is 0. The van der Waals surface area contributed by atoms with E-state index in [1.165, 1.54) is 5.56 Å². The van der Waals surface area contributed by atoms with Gasteiger partial charge < -0.3 is 5.73 Å². The zero-order chi connectivity index (χ0) is 15.0. The molecule has 0 spiro atoms. The summed E-state index contributed by atoms with van der Waals surface area (Å²) < 4.78 is 2.89. The number of halogens is 1. The maximum atomic E-state index is 6.23. The van der Waals surface area contributed by atoms with E-state index in [9.17, 15) is 0 Å². The summed E-state index contributed by atoms with van der Waals surface area (Å²) in [6.07, 6.45) is 0. The first-order valence-corrected chi connectivity index (χ1v) is 7.54. The minimum absolute atomic E-state index is 0.678. The summed E-state index contributed by atoms with van der Waals surface area (Å²) in [5.41, 5.74) is 11.4. The number of hydrogen-bond donors (Lipinski definition) is 1. The Kier molecular flexibility index (Phi) is 3.55. The molecule has 2 aromatic carbocycles. The maximum Gasteiger partial charge on any atom is 0.130 e. The zero-order valence-corrected chi connectivity index (χ0v) is 13.6. The number of rotatable bonds is 2. The van der Waals surface area contributed by atoms with Crippen LogP contribution in [-0.2, 0) is 0 Å². The molecule has 0 unspecified atom stereocenters. The second kappa shape index (κ2) is 5.37. The fourth-order valence-corrected chi connectivity index (χ4v) is 2.59. The zero-order valence-electron chi connectivity index (χ0n) is 12.0. The predicted molar refractivity (Wildman–Crippen MR) is 90.6 cm³/mol. The summed E-state index contributed by atoms with van der Waals surface area (Å²) in [6.45, 7) is 4.08. The molecule has 0 atom stereocenters. The molecule has 0 saturated heterocycles. The van der Waals surface area contributed by atoms with Crippen LogP contribution in [0.3, 0.4) is 0 Å². The largest absolute Gasteiger partial charge is 0.383 e. The first kappa shape index (κ1) is 13.9. The number of aryl methyl sites for hydroxylation is 1. The van der Waals surface area contributed by atoms with Crippen molar-refractivity contribution in [1.29, 1.82) is 0 Å². The van der Waals surface area contributed by atoms with E-state index < -0.39 is 0 Å². The number of nitrogens with two attached hydrogens (primary N) is 1. The molecule has 0 aliphatic rings. The van der Waals surface area contributed by atoms with Crippen LogP contribution in [0.4, 0.5) is 5.82 Å². The molecule has 0 bridgehead atoms. The first-order valence-electron chi connectivity index (χ1n) is 6.75. The normalized spacial score (nSPS) is 10.8. The van der Waals surface area contributed by atoms with Crippen molar-refractivity contribution in [3.05, 3.63) is 64.1 Å². The number of nitrogen functional groups attached to an aromatic ring is 1. The fraction of sp³-hybridized carbons (Fsp3) is 0.118. The van der Waals surface area contributed by atoms with Gasteiger partial charge in [-0.25, -0.2) is 4.68 Å². The summed E-state index contributed by atoms with van der Waals surface area (Å²) in [6, 6.07) is 16.2. The molecule has 0 saturated carbocycles. The number of hydrogen-bond acceptors (Lipinski definition) is 2. The molecule has 4 heteroatoms. The van der Waals surface area contributed by atoms with Gasteiger partial charge in [0.15, 0.2) is 0 Å². The van der Waals surface area contributed by atoms with Gasteiger partial charge in [-0.05, 0) is 43.7 Å². The van der Waals surface area contributed by atoms with E-state index in [4.69, 9.17) is 10.8 Å². The van der Waals surface area contributed by atoms with Crippen LogP contribution < -0.4 is 5.73 Å². The lowest BCUT2D eigenvalue weighted by Gasteiger charge is -2.03. The molecule has 1 heterocycles. The highest BCUT2D eigenvalue weighted by Gasteiger charge is 2.15. The Balaban J connectivity index is 2.15. The highest BCUT2D eigenvalue weighted by Crippen LogP contribution is 2.30. The number of nitrogens with zero attached hydrogens (tertiary/aromatic N) is 2. The van der Waals surface area contributed by atoms with Crippen LogP contribution in [0.2, 0.25) is 0 Å². The van der Waals surface area contributed by atoms with Gasteiger partial charge in [0.05, 0.1) is 11.4 Å². The maximum absolute atomic E-state index is 6.23. The van der Waals surface area contributed by atoms with E-state index in [0.29, 0.717) is 5.82 Å². The van der Waals surface area contributed by atoms with Gasteiger partial charge >= 0.3 is 0 Å². The van der Waals surface area contributed by atoms with Crippen molar-refractivity contribution in [1.82, 2.24) is 9.78 Å². The molecule has 2 N–H and O–H groups in total. The Morgan fingerprint density at radius 1 is 1.05 bits per heavy atom. The minimum atomic E-state index is 0.678. The lowest BCUT2D eigenvalue weighted by atomic mass is 10.1. The van der Waals surface area contributed by atoms with Crippen molar-refractivity contribution in [3.8, 4) is 16.9 Å². The molecule has 0 aliphatic carbocycles. The second-order valence-corrected chi connectivity index (χ2v) is 5.92. The quantitative estimate of drug-likeness (QED) is 0.745. The van der Waals surface area contributed by atoms with E-state index >= 15 is 0 Å². The summed E-state index contributed by atoms with van der Waals surface area (Å²) in [7, 11) is 0. The highest BCUT2D eigenvalue weighted by molar-refractivity contribution is 9.10. The predicted octanol–water partition coefficient (Wildman–Crippen LogP) is 4.50. The van der Waals surface area contributed by atoms with Crippen molar-refractivity contribution in [2.75, 3.05) is 5.73 Å². The van der Waals surface area contributed by atoms with Crippen molar-refractivity contribution >= 4 is 21.7 Å². The van der Waals surface area contributed by atoms with Gasteiger partial charge in [0, 0.05) is 15.6 Å². The third-order valence-electron chi connectivity index (χ3n) is 3.60. The topological polar surface area (TPSA) is 43.8 Å². The monoisotopic (exact) mass is 341 g/mol. The highest BCUT2D eigenvalue weighted by atomic mass is 79.9. The molecule has 1 aromatic heterocycles. The van der Waals surface area contributed by atoms with E-state index in [1.54, 1.807) is 4.68 Å². The number of anilines is 1. The molecule has 106 valence electrons. The van der Waals surface area contributed by atoms with E-state index in [1.807, 2.05) is 43.3 Å². The van der Waals surface area contributed by atoms with Crippen LogP contribution in [0.5, 0.6) is 0 Å². The van der Waals surface area contributed by atoms with Gasteiger partial charge in [-0.2, -0.15) is 5.10 Å². The Morgan fingerprint density at radius 2 is 1.76 bits per heavy atom. The van der Waals surface area contributed by atoms with Crippen molar-refractivity contribution < 1.29 is 0 Å². The lowest BCUT2D eigenvalue weighted by Crippen LogP contribution is -2.01. The second-order valence-electron chi connectivity index (χ2n) is 5.07. The van der Waals surface area contributed by atoms with Crippen LogP contribution >= 0.6 is 15.9 Å². The molecule has 3 rings (SSSR count). The number of aromatic nitrogens is 2. The van der Waals surface area contributed by atoms with Gasteiger partial charge in [0.1, 0.15) is 5.82 Å². The molecule has 3 aromatic rings. The SMILES string of the molecule is Cc1cc(-c2nn(-c3ccccc3)c(N)c2C)ccc1Br. The Bertz CT molecular complexity index is 791. The van der Waals surface area contributed by atoms with Gasteiger partial charge in [0.25, 0.3) is 0 Å². The van der Waals surface area contributed by atoms with Crippen LogP contribution in [0.1, 0.15) is 11.1 Å². The van der Waals surface area contributed by atoms with Crippen LogP contribution in [0.15, 0.2) is 53.0 Å². The molecular weight excluding hydrogens is 326 g/mol. The Morgan fingerprint density at radius 3 is 2.43 bits per heavy atom. The number of benzene rings is 2. The van der Waals surface area contributed by atoms with Crippen LogP contribution in [-0.4, -0.2) is 9.78 Å². The molecule has 0 radical (unpaired) electrons. The van der Waals surface area contributed by atoms with Crippen LogP contribution in [0, 0.1) is 13.8 Å². The first-order chi connectivity index (χ1) is 10.1. The molecular formula is C17H16BrN3. The third-order valence-corrected chi connectivity index (χ3v) is 4.49. The van der Waals surface area contributed by atoms with Gasteiger partial charge in [-0.15, -0.1) is 0 Å². The Labute approximate surface area is 132 Å². The molecule has 21 heavy (non-hydrogen) atoms. The average molecular weight is 342 g/mol. The third kappa shape index (κ3) is 2.47. The van der Waals surface area contributed by atoms with E-state index in [0.717, 1.165) is 27.0 Å². The van der Waals surface area contributed by atoms with Gasteiger partial charge in [-0.3, -0.25) is 0 Å². The molecule has 0 amide bonds. The van der Waals surface area contributed by atoms with E-state index in [-0.39, 0.29) is 0 Å². The summed E-state index contributed by atoms with van der Waals surface area (Å²) in [5, 5.41) is 4.70. The summed E-state index contributed by atoms with van der Waals surface area (Å²) in [5.74, 6) is 0.678. The van der Waals surface area contributed by atoms with Crippen molar-refractivity contribution in [2.45, 2.75) is 13.8 Å². The van der Waals surface area contributed by atoms with Crippen molar-refractivity contribution in [3.63, 3.8) is 0 Å². The average Bonchev–Trinajstić information content (AvgIpc) is 2.79. The van der Waals surface area contributed by atoms with Gasteiger partial charge in [-0.1, -0.05) is 40.2 Å². The molecule has 0 aliphatic heterocycles. The minimum Gasteiger partial charge on any atom is -0.383 e. The Hall–Kier alpha value is -2.07. The molecule has 0 fully saturated rings. The molecule has 3 nitrogen and oxygen atoms in total. The van der Waals surface area contributed by atoms with Crippen LogP contribution in [0.25, 0.3) is 16.9 Å². The van der Waals surface area contributed by atoms with E-state index in [2.05, 4.69) is 35.0 Å². The number of para-hydroxylation sites is 1. The summed E-state index contributed by atoms with van der Waals surface area (Å²) >= 11 is 3.53. The fourth-order valence-electron chi connectivity index (χ4n) is 2.34. The van der Waals surface area contributed by atoms with Crippen molar-refractivity contribution in [2.24, 2.45) is 0 Å². The van der Waals surface area contributed by atoms with Gasteiger partial charge in [0.2, 0.25) is 0 Å².